The van der Waals surface area contributed by atoms with E-state index >= 15 is 0 Å². The summed E-state index contributed by atoms with van der Waals surface area (Å²) < 4.78 is 17.8. The van der Waals surface area contributed by atoms with Gasteiger partial charge in [-0.1, -0.05) is 60.3 Å². The van der Waals surface area contributed by atoms with Crippen LogP contribution in [0, 0.1) is 10.1 Å². The number of aliphatic hydroxyl groups is 1. The van der Waals surface area contributed by atoms with E-state index in [1.165, 1.54) is 18.7 Å². The zero-order valence-corrected chi connectivity index (χ0v) is 16.0. The van der Waals surface area contributed by atoms with Gasteiger partial charge in [0.2, 0.25) is 0 Å². The van der Waals surface area contributed by atoms with Gasteiger partial charge in [0.1, 0.15) is 11.5 Å². The molecule has 0 aliphatic carbocycles. The van der Waals surface area contributed by atoms with E-state index in [0.29, 0.717) is 0 Å². The Kier molecular flexibility index (Phi) is 5.39. The molecule has 148 valence electrons. The molecule has 0 radical (unpaired) electrons. The lowest BCUT2D eigenvalue weighted by Gasteiger charge is -2.48. The van der Waals surface area contributed by atoms with Crippen molar-refractivity contribution in [3.63, 3.8) is 0 Å². The summed E-state index contributed by atoms with van der Waals surface area (Å²) in [6, 6.07) is 18.7. The zero-order valence-electron chi connectivity index (χ0n) is 15.2. The molecule has 0 spiro atoms. The van der Waals surface area contributed by atoms with Crippen molar-refractivity contribution in [3.8, 4) is 0 Å². The van der Waals surface area contributed by atoms with E-state index in [1.54, 1.807) is 0 Å². The van der Waals surface area contributed by atoms with Crippen molar-refractivity contribution < 1.29 is 24.2 Å². The predicted molar refractivity (Wildman–Crippen MR) is 102 cm³/mol. The first-order valence-corrected chi connectivity index (χ1v) is 9.90. The van der Waals surface area contributed by atoms with Crippen LogP contribution in [0.15, 0.2) is 65.6 Å². The second-order valence-corrected chi connectivity index (χ2v) is 8.19. The molecule has 4 rings (SSSR count). The Morgan fingerprint density at radius 2 is 1.75 bits per heavy atom. The number of aliphatic hydroxyl groups excluding tert-OH is 1. The van der Waals surface area contributed by atoms with Gasteiger partial charge in [0.05, 0.1) is 6.61 Å². The zero-order chi connectivity index (χ0) is 19.7. The summed E-state index contributed by atoms with van der Waals surface area (Å²) in [5.41, 5.74) is -1.76. The van der Waals surface area contributed by atoms with Gasteiger partial charge in [0, 0.05) is 16.7 Å². The maximum atomic E-state index is 12.0. The van der Waals surface area contributed by atoms with Crippen molar-refractivity contribution in [1.29, 1.82) is 0 Å². The van der Waals surface area contributed by atoms with Crippen molar-refractivity contribution in [2.45, 2.75) is 47.4 Å². The third-order valence-corrected chi connectivity index (χ3v) is 6.38. The highest BCUT2D eigenvalue weighted by molar-refractivity contribution is 7.99. The number of ether oxygens (including phenoxy) is 3. The molecular weight excluding hydrogens is 382 g/mol. The minimum atomic E-state index is -1.77. The van der Waals surface area contributed by atoms with Crippen molar-refractivity contribution in [1.82, 2.24) is 0 Å². The fourth-order valence-electron chi connectivity index (χ4n) is 3.50. The predicted octanol–water partition coefficient (Wildman–Crippen LogP) is 3.01. The minimum absolute atomic E-state index is 0.220. The van der Waals surface area contributed by atoms with Crippen molar-refractivity contribution >= 4 is 11.8 Å². The third-order valence-electron chi connectivity index (χ3n) is 5.23. The molecule has 0 saturated carbocycles. The van der Waals surface area contributed by atoms with Crippen LogP contribution in [-0.2, 0) is 14.2 Å². The van der Waals surface area contributed by atoms with Gasteiger partial charge < -0.3 is 19.3 Å². The van der Waals surface area contributed by atoms with Crippen LogP contribution in [0.1, 0.15) is 18.6 Å². The second-order valence-electron chi connectivity index (χ2n) is 7.02. The molecule has 0 unspecified atom stereocenters. The van der Waals surface area contributed by atoms with Crippen LogP contribution < -0.4 is 0 Å². The van der Waals surface area contributed by atoms with Crippen LogP contribution in [0.4, 0.5) is 0 Å². The molecule has 2 heterocycles. The molecule has 28 heavy (non-hydrogen) atoms. The topological polar surface area (TPSA) is 91.1 Å². The van der Waals surface area contributed by atoms with Crippen LogP contribution in [0.3, 0.4) is 0 Å². The number of benzene rings is 2. The van der Waals surface area contributed by atoms with Gasteiger partial charge in [0.15, 0.2) is 18.5 Å². The number of hydrogen-bond acceptors (Lipinski definition) is 7. The molecular formula is C20H21NO6S. The van der Waals surface area contributed by atoms with Gasteiger partial charge in [0.25, 0.3) is 5.54 Å². The van der Waals surface area contributed by atoms with Crippen LogP contribution >= 0.6 is 11.8 Å². The summed E-state index contributed by atoms with van der Waals surface area (Å²) in [7, 11) is 0. The number of nitrogens with zero attached hydrogens (tertiary/aromatic N) is 1. The number of hydrogen-bond donors (Lipinski definition) is 1. The number of fused-ring (bicyclic) bond motifs is 1. The minimum Gasteiger partial charge on any atom is -0.382 e. The lowest BCUT2D eigenvalue weighted by atomic mass is 9.85. The molecule has 2 aliphatic heterocycles. The summed E-state index contributed by atoms with van der Waals surface area (Å²) >= 11 is 1.23. The Balaban J connectivity index is 1.60. The maximum absolute atomic E-state index is 12.0. The summed E-state index contributed by atoms with van der Waals surface area (Å²) in [5.74, 6) is 0. The van der Waals surface area contributed by atoms with Gasteiger partial charge in [-0.2, -0.15) is 0 Å². The fraction of sp³-hybridized carbons (Fsp3) is 0.400. The van der Waals surface area contributed by atoms with Crippen molar-refractivity contribution in [3.05, 3.63) is 76.3 Å². The Labute approximate surface area is 166 Å². The smallest absolute Gasteiger partial charge is 0.278 e. The van der Waals surface area contributed by atoms with E-state index in [9.17, 15) is 15.2 Å². The summed E-state index contributed by atoms with van der Waals surface area (Å²) in [6.07, 6.45) is -3.81. The van der Waals surface area contributed by atoms with Crippen LogP contribution in [-0.4, -0.2) is 46.1 Å². The summed E-state index contributed by atoms with van der Waals surface area (Å²) in [5, 5.41) is 22.9. The molecule has 2 aromatic rings. The van der Waals surface area contributed by atoms with Gasteiger partial charge in [-0.25, -0.2) is 0 Å². The highest BCUT2D eigenvalue weighted by Gasteiger charge is 2.65. The van der Waals surface area contributed by atoms with Gasteiger partial charge in [-0.15, -0.1) is 0 Å². The highest BCUT2D eigenvalue weighted by Crippen LogP contribution is 2.44. The Hall–Kier alpha value is -1.97. The largest absolute Gasteiger partial charge is 0.382 e. The first-order valence-electron chi connectivity index (χ1n) is 9.02. The summed E-state index contributed by atoms with van der Waals surface area (Å²) in [4.78, 5) is 12.4. The van der Waals surface area contributed by atoms with E-state index in [4.69, 9.17) is 14.2 Å². The molecule has 0 bridgehead atoms. The second kappa shape index (κ2) is 7.81. The van der Waals surface area contributed by atoms with Crippen LogP contribution in [0.25, 0.3) is 0 Å². The average Bonchev–Trinajstić information content (AvgIpc) is 2.73. The molecule has 6 atom stereocenters. The Morgan fingerprint density at radius 3 is 2.39 bits per heavy atom. The Morgan fingerprint density at radius 1 is 1.11 bits per heavy atom. The van der Waals surface area contributed by atoms with Gasteiger partial charge in [-0.3, -0.25) is 10.1 Å². The maximum Gasteiger partial charge on any atom is 0.278 e. The fourth-order valence-corrected chi connectivity index (χ4v) is 4.66. The lowest BCUT2D eigenvalue weighted by Crippen LogP contribution is -2.70. The molecule has 2 aromatic carbocycles. The van der Waals surface area contributed by atoms with E-state index in [2.05, 4.69) is 0 Å². The quantitative estimate of drug-likeness (QED) is 0.620. The number of rotatable bonds is 4. The monoisotopic (exact) mass is 403 g/mol. The van der Waals surface area contributed by atoms with Crippen LogP contribution in [0.2, 0.25) is 0 Å². The van der Waals surface area contributed by atoms with E-state index in [-0.39, 0.29) is 6.61 Å². The van der Waals surface area contributed by atoms with E-state index in [0.717, 1.165) is 10.5 Å². The van der Waals surface area contributed by atoms with Crippen LogP contribution in [0.5, 0.6) is 0 Å². The first-order chi connectivity index (χ1) is 13.5. The standard InChI is InChI=1S/C20H21NO6S/c1-20(21(23)24)16(22)19(28-14-10-6-3-7-11-14)27-18-17(20)26-15(12-25-18)13-8-4-2-5-9-13/h2-11,15-19,22H,12H2,1H3/t15-,16-,17+,18-,19-,20+/m1/s1. The molecule has 2 saturated heterocycles. The third kappa shape index (κ3) is 3.42. The number of nitro groups is 1. The lowest BCUT2D eigenvalue weighted by molar-refractivity contribution is -0.612. The van der Waals surface area contributed by atoms with Gasteiger partial charge in [-0.05, 0) is 17.7 Å². The molecule has 0 aromatic heterocycles. The molecule has 8 heteroatoms. The van der Waals surface area contributed by atoms with E-state index < -0.39 is 40.5 Å². The molecule has 1 N–H and O–H groups in total. The Bertz CT molecular complexity index is 822. The molecule has 2 aliphatic rings. The van der Waals surface area contributed by atoms with Gasteiger partial charge >= 0.3 is 0 Å². The van der Waals surface area contributed by atoms with Crippen molar-refractivity contribution in [2.24, 2.45) is 0 Å². The number of thioether (sulfide) groups is 1. The first kappa shape index (κ1) is 19.4. The molecule has 7 nitrogen and oxygen atoms in total. The summed E-state index contributed by atoms with van der Waals surface area (Å²) in [6.45, 7) is 1.62. The highest BCUT2D eigenvalue weighted by atomic mass is 32.2. The molecule has 2 fully saturated rings. The SMILES string of the molecule is C[C@]1([N+](=O)[O-])[C@H](O)[C@@H](Sc2ccccc2)O[C@H]2OC[C@H](c3ccccc3)O[C@@H]21. The van der Waals surface area contributed by atoms with E-state index in [1.807, 2.05) is 60.7 Å². The average molecular weight is 403 g/mol. The molecule has 0 amide bonds. The van der Waals surface area contributed by atoms with Crippen molar-refractivity contribution in [2.75, 3.05) is 6.61 Å². The normalized spacial score (nSPS) is 35.1.